The number of carbonyl (C=O) groups is 2. The molecule has 1 aliphatic rings. The summed E-state index contributed by atoms with van der Waals surface area (Å²) in [5, 5.41) is 12.1. The minimum absolute atomic E-state index is 0.0533. The Balaban J connectivity index is 1.63. The number of Topliss-reactive ketones (excluding diaryl/α,β-unsaturated/α-hetero) is 1. The van der Waals surface area contributed by atoms with Crippen LogP contribution in [0.5, 0.6) is 0 Å². The standard InChI is InChI=1S/C23H26N4O5S/c1-4-32-12-13(2)7-17(28)15-9-26(10-15)18-8-14(3)19-20(29)16(22(30)31)11-27(21(19)25-18)23-24-5-6-33-23/h5-6,8,11,13,15H,4,7,9-10,12H2,1-3H3,(H,30,31). The quantitative estimate of drug-likeness (QED) is 0.508. The monoisotopic (exact) mass is 470 g/mol. The predicted molar refractivity (Wildman–Crippen MR) is 126 cm³/mol. The van der Waals surface area contributed by atoms with E-state index in [0.717, 1.165) is 0 Å². The molecule has 4 heterocycles. The van der Waals surface area contributed by atoms with E-state index in [4.69, 9.17) is 9.72 Å². The zero-order valence-electron chi connectivity index (χ0n) is 18.8. The van der Waals surface area contributed by atoms with Crippen molar-refractivity contribution in [3.8, 4) is 5.13 Å². The van der Waals surface area contributed by atoms with Gasteiger partial charge in [-0.2, -0.15) is 0 Å². The Morgan fingerprint density at radius 2 is 2.12 bits per heavy atom. The van der Waals surface area contributed by atoms with E-state index in [-0.39, 0.29) is 28.6 Å². The number of carboxylic acids is 1. The Labute approximate surface area is 194 Å². The summed E-state index contributed by atoms with van der Waals surface area (Å²) < 4.78 is 6.96. The number of fused-ring (bicyclic) bond motifs is 1. The highest BCUT2D eigenvalue weighted by Crippen LogP contribution is 2.29. The number of ketones is 1. The van der Waals surface area contributed by atoms with Crippen molar-refractivity contribution in [1.82, 2.24) is 14.5 Å². The van der Waals surface area contributed by atoms with E-state index in [9.17, 15) is 19.5 Å². The van der Waals surface area contributed by atoms with Crippen molar-refractivity contribution in [2.75, 3.05) is 31.2 Å². The van der Waals surface area contributed by atoms with E-state index in [1.807, 2.05) is 18.7 Å². The number of pyridine rings is 2. The van der Waals surface area contributed by atoms with E-state index >= 15 is 0 Å². The van der Waals surface area contributed by atoms with Gasteiger partial charge in [-0.3, -0.25) is 14.2 Å². The molecule has 3 aromatic heterocycles. The lowest BCUT2D eigenvalue weighted by Crippen LogP contribution is -2.51. The molecule has 9 nitrogen and oxygen atoms in total. The predicted octanol–water partition coefficient (Wildman–Crippen LogP) is 2.92. The Morgan fingerprint density at radius 1 is 1.36 bits per heavy atom. The second-order valence-corrected chi connectivity index (χ2v) is 9.27. The fourth-order valence-electron chi connectivity index (χ4n) is 4.03. The minimum Gasteiger partial charge on any atom is -0.477 e. The molecule has 0 aliphatic carbocycles. The van der Waals surface area contributed by atoms with Crippen LogP contribution in [0.2, 0.25) is 0 Å². The van der Waals surface area contributed by atoms with Crippen LogP contribution < -0.4 is 10.3 Å². The van der Waals surface area contributed by atoms with Gasteiger partial charge >= 0.3 is 5.97 Å². The van der Waals surface area contributed by atoms with E-state index in [1.165, 1.54) is 17.5 Å². The van der Waals surface area contributed by atoms with Gasteiger partial charge in [0.05, 0.1) is 11.3 Å². The molecule has 3 aromatic rings. The number of hydrogen-bond donors (Lipinski definition) is 1. The number of carboxylic acid groups (broad SMARTS) is 1. The normalized spacial score (nSPS) is 14.9. The summed E-state index contributed by atoms with van der Waals surface area (Å²) in [4.78, 5) is 48.1. The second kappa shape index (κ2) is 9.40. The number of rotatable bonds is 9. The summed E-state index contributed by atoms with van der Waals surface area (Å²) in [6.45, 7) is 8.07. The van der Waals surface area contributed by atoms with Crippen LogP contribution in [0.25, 0.3) is 16.2 Å². The van der Waals surface area contributed by atoms with Crippen molar-refractivity contribution in [1.29, 1.82) is 0 Å². The maximum atomic E-state index is 12.9. The number of aromatic carboxylic acids is 1. The summed E-state index contributed by atoms with van der Waals surface area (Å²) in [5.41, 5.74) is 0.0940. The second-order valence-electron chi connectivity index (χ2n) is 8.39. The van der Waals surface area contributed by atoms with Gasteiger partial charge in [-0.1, -0.05) is 6.92 Å². The van der Waals surface area contributed by atoms with Crippen LogP contribution in [0.4, 0.5) is 5.82 Å². The van der Waals surface area contributed by atoms with Crippen LogP contribution in [0, 0.1) is 18.8 Å². The van der Waals surface area contributed by atoms with Gasteiger partial charge in [-0.25, -0.2) is 14.8 Å². The van der Waals surface area contributed by atoms with Crippen LogP contribution in [0.3, 0.4) is 0 Å². The molecule has 1 N–H and O–H groups in total. The molecule has 33 heavy (non-hydrogen) atoms. The molecule has 0 amide bonds. The highest BCUT2D eigenvalue weighted by atomic mass is 32.1. The zero-order chi connectivity index (χ0) is 23.7. The van der Waals surface area contributed by atoms with Gasteiger partial charge < -0.3 is 14.7 Å². The SMILES string of the molecule is CCOCC(C)CC(=O)C1CN(c2cc(C)c3c(=O)c(C(=O)O)cn(-c4nccs4)c3n2)C1. The molecule has 1 fully saturated rings. The third kappa shape index (κ3) is 4.53. The molecule has 0 aromatic carbocycles. The Bertz CT molecular complexity index is 1250. The Kier molecular flexibility index (Phi) is 6.57. The zero-order valence-corrected chi connectivity index (χ0v) is 19.6. The third-order valence-corrected chi connectivity index (χ3v) is 6.59. The highest BCUT2D eigenvalue weighted by Gasteiger charge is 2.34. The third-order valence-electron chi connectivity index (χ3n) is 5.81. The van der Waals surface area contributed by atoms with Crippen LogP contribution in [0.1, 0.15) is 36.2 Å². The molecule has 1 unspecified atom stereocenters. The van der Waals surface area contributed by atoms with Gasteiger partial charge in [0.15, 0.2) is 10.8 Å². The lowest BCUT2D eigenvalue weighted by atomic mass is 9.89. The van der Waals surface area contributed by atoms with Crippen LogP contribution in [-0.2, 0) is 9.53 Å². The molecular weight excluding hydrogens is 444 g/mol. The number of ether oxygens (including phenoxy) is 1. The number of anilines is 1. The number of nitrogens with zero attached hydrogens (tertiary/aromatic N) is 4. The molecule has 4 rings (SSSR count). The topological polar surface area (TPSA) is 115 Å². The molecule has 1 atom stereocenters. The molecule has 0 saturated carbocycles. The van der Waals surface area contributed by atoms with E-state index in [1.54, 1.807) is 29.1 Å². The van der Waals surface area contributed by atoms with Crippen molar-refractivity contribution >= 4 is 39.9 Å². The maximum absolute atomic E-state index is 12.9. The average Bonchev–Trinajstić information content (AvgIpc) is 3.25. The van der Waals surface area contributed by atoms with Gasteiger partial charge in [-0.05, 0) is 31.4 Å². The summed E-state index contributed by atoms with van der Waals surface area (Å²) in [6.07, 6.45) is 3.38. The average molecular weight is 471 g/mol. The lowest BCUT2D eigenvalue weighted by molar-refractivity contribution is -0.124. The number of hydrogen-bond acceptors (Lipinski definition) is 8. The summed E-state index contributed by atoms with van der Waals surface area (Å²) in [5.74, 6) is -0.287. The summed E-state index contributed by atoms with van der Waals surface area (Å²) >= 11 is 1.32. The van der Waals surface area contributed by atoms with Crippen molar-refractivity contribution < 1.29 is 19.4 Å². The van der Waals surface area contributed by atoms with Gasteiger partial charge in [0, 0.05) is 50.5 Å². The number of aryl methyl sites for hydroxylation is 1. The largest absolute Gasteiger partial charge is 0.477 e. The number of aromatic nitrogens is 3. The van der Waals surface area contributed by atoms with Crippen molar-refractivity contribution in [2.24, 2.45) is 11.8 Å². The molecule has 1 aliphatic heterocycles. The molecule has 0 radical (unpaired) electrons. The Hall–Kier alpha value is -3.11. The van der Waals surface area contributed by atoms with Crippen molar-refractivity contribution in [2.45, 2.75) is 27.2 Å². The van der Waals surface area contributed by atoms with Crippen LogP contribution in [0.15, 0.2) is 28.6 Å². The van der Waals surface area contributed by atoms with Crippen LogP contribution in [-0.4, -0.2) is 57.7 Å². The van der Waals surface area contributed by atoms with E-state index < -0.39 is 11.4 Å². The molecule has 174 valence electrons. The molecule has 0 spiro atoms. The molecule has 10 heteroatoms. The number of thiazole rings is 1. The van der Waals surface area contributed by atoms with Crippen LogP contribution >= 0.6 is 11.3 Å². The van der Waals surface area contributed by atoms with Crippen molar-refractivity contribution in [3.63, 3.8) is 0 Å². The molecule has 0 bridgehead atoms. The Morgan fingerprint density at radius 3 is 2.76 bits per heavy atom. The summed E-state index contributed by atoms with van der Waals surface area (Å²) in [6, 6.07) is 1.78. The molecular formula is C23H26N4O5S. The first-order chi connectivity index (χ1) is 15.8. The highest BCUT2D eigenvalue weighted by molar-refractivity contribution is 7.12. The van der Waals surface area contributed by atoms with Crippen molar-refractivity contribution in [3.05, 3.63) is 45.2 Å². The number of carbonyl (C=O) groups excluding carboxylic acids is 1. The fourth-order valence-corrected chi connectivity index (χ4v) is 4.65. The lowest BCUT2D eigenvalue weighted by Gasteiger charge is -2.39. The molecule has 1 saturated heterocycles. The first-order valence-corrected chi connectivity index (χ1v) is 11.7. The van der Waals surface area contributed by atoms with E-state index in [0.29, 0.717) is 54.9 Å². The first kappa shape index (κ1) is 23.1. The summed E-state index contributed by atoms with van der Waals surface area (Å²) in [7, 11) is 0. The first-order valence-electron chi connectivity index (χ1n) is 10.9. The van der Waals surface area contributed by atoms with Gasteiger partial charge in [0.1, 0.15) is 17.2 Å². The minimum atomic E-state index is -1.29. The van der Waals surface area contributed by atoms with Gasteiger partial charge in [0.25, 0.3) is 0 Å². The van der Waals surface area contributed by atoms with E-state index in [2.05, 4.69) is 4.98 Å². The van der Waals surface area contributed by atoms with Gasteiger partial charge in [-0.15, -0.1) is 11.3 Å². The fraction of sp³-hybridized carbons (Fsp3) is 0.435. The smallest absolute Gasteiger partial charge is 0.341 e. The maximum Gasteiger partial charge on any atom is 0.341 e. The van der Waals surface area contributed by atoms with Gasteiger partial charge in [0.2, 0.25) is 5.43 Å².